The highest BCUT2D eigenvalue weighted by molar-refractivity contribution is 7.88. The molecule has 0 heterocycles. The molecule has 0 bridgehead atoms. The monoisotopic (exact) mass is 190 g/mol. The third-order valence-corrected chi connectivity index (χ3v) is 3.02. The molecule has 0 radical (unpaired) electrons. The minimum atomic E-state index is -3.54. The van der Waals surface area contributed by atoms with Gasteiger partial charge in [-0.3, -0.25) is 3.97 Å². The lowest BCUT2D eigenvalue weighted by molar-refractivity contribution is 0.517. The first-order valence-corrected chi connectivity index (χ1v) is 4.73. The van der Waals surface area contributed by atoms with Crippen LogP contribution in [0, 0.1) is 0 Å². The van der Waals surface area contributed by atoms with Crippen LogP contribution in [0.5, 0.6) is 0 Å². The van der Waals surface area contributed by atoms with E-state index >= 15 is 0 Å². The van der Waals surface area contributed by atoms with Gasteiger partial charge in [-0.2, -0.15) is 8.42 Å². The normalized spacial score (nSPS) is 11.4. The number of hydrogen-bond acceptors (Lipinski definition) is 3. The average molecular weight is 190 g/mol. The van der Waals surface area contributed by atoms with Crippen molar-refractivity contribution in [1.82, 2.24) is 0 Å². The maximum Gasteiger partial charge on any atom is 0.299 e. The zero-order valence-electron chi connectivity index (χ0n) is 5.60. The molecule has 0 saturated heterocycles. The van der Waals surface area contributed by atoms with Gasteiger partial charge in [-0.15, -0.1) is 0 Å². The second-order valence-corrected chi connectivity index (χ2v) is 4.01. The summed E-state index contributed by atoms with van der Waals surface area (Å²) in [6, 6.07) is 7.95. The SMILES string of the molecule is O=S(=O)(OP)c1ccccc1. The van der Waals surface area contributed by atoms with Gasteiger partial charge in [-0.25, -0.2) is 0 Å². The number of benzene rings is 1. The first-order valence-electron chi connectivity index (χ1n) is 2.85. The summed E-state index contributed by atoms with van der Waals surface area (Å²) in [5.41, 5.74) is 0. The largest absolute Gasteiger partial charge is 0.299 e. The summed E-state index contributed by atoms with van der Waals surface area (Å²) in [7, 11) is -1.83. The Hall–Kier alpha value is -0.440. The van der Waals surface area contributed by atoms with Crippen molar-refractivity contribution < 1.29 is 12.4 Å². The lowest BCUT2D eigenvalue weighted by Gasteiger charge is -1.98. The van der Waals surface area contributed by atoms with Gasteiger partial charge in [0.25, 0.3) is 10.1 Å². The van der Waals surface area contributed by atoms with E-state index in [1.54, 1.807) is 27.7 Å². The van der Waals surface area contributed by atoms with Crippen LogP contribution >= 0.6 is 9.47 Å². The molecule has 11 heavy (non-hydrogen) atoms. The van der Waals surface area contributed by atoms with Gasteiger partial charge in [0.15, 0.2) is 0 Å². The van der Waals surface area contributed by atoms with E-state index in [-0.39, 0.29) is 4.90 Å². The first kappa shape index (κ1) is 8.65. The molecule has 60 valence electrons. The average Bonchev–Trinajstić information content (AvgIpc) is 2.06. The highest BCUT2D eigenvalue weighted by atomic mass is 32.2. The van der Waals surface area contributed by atoms with Gasteiger partial charge in [-0.1, -0.05) is 18.2 Å². The van der Waals surface area contributed by atoms with Crippen LogP contribution in [0.3, 0.4) is 0 Å². The van der Waals surface area contributed by atoms with E-state index in [1.807, 2.05) is 0 Å². The smallest absolute Gasteiger partial charge is 0.251 e. The van der Waals surface area contributed by atoms with Crippen LogP contribution in [0.2, 0.25) is 0 Å². The van der Waals surface area contributed by atoms with Crippen molar-refractivity contribution in [2.45, 2.75) is 4.90 Å². The predicted octanol–water partition coefficient (Wildman–Crippen LogP) is 1.18. The van der Waals surface area contributed by atoms with Crippen molar-refractivity contribution in [3.05, 3.63) is 30.3 Å². The molecular weight excluding hydrogens is 183 g/mol. The number of hydrogen-bond donors (Lipinski definition) is 0. The van der Waals surface area contributed by atoms with Crippen LogP contribution in [0.4, 0.5) is 0 Å². The summed E-state index contributed by atoms with van der Waals surface area (Å²) in [6.07, 6.45) is 0. The third-order valence-electron chi connectivity index (χ3n) is 1.16. The zero-order valence-corrected chi connectivity index (χ0v) is 7.57. The van der Waals surface area contributed by atoms with Gasteiger partial charge < -0.3 is 0 Å². The van der Waals surface area contributed by atoms with Crippen molar-refractivity contribution >= 4 is 19.6 Å². The molecule has 0 saturated carbocycles. The van der Waals surface area contributed by atoms with Crippen molar-refractivity contribution in [1.29, 1.82) is 0 Å². The Labute approximate surface area is 67.8 Å². The van der Waals surface area contributed by atoms with Gasteiger partial charge in [0.05, 0.1) is 4.90 Å². The van der Waals surface area contributed by atoms with Crippen molar-refractivity contribution in [2.24, 2.45) is 0 Å². The van der Waals surface area contributed by atoms with E-state index in [9.17, 15) is 8.42 Å². The van der Waals surface area contributed by atoms with Crippen LogP contribution in [0.25, 0.3) is 0 Å². The second kappa shape index (κ2) is 3.30. The Morgan fingerprint density at radius 2 is 1.73 bits per heavy atom. The first-order chi connectivity index (χ1) is 5.17. The van der Waals surface area contributed by atoms with Crippen molar-refractivity contribution in [3.8, 4) is 0 Å². The van der Waals surface area contributed by atoms with Gasteiger partial charge in [0.1, 0.15) is 0 Å². The van der Waals surface area contributed by atoms with Crippen molar-refractivity contribution in [2.75, 3.05) is 0 Å². The minimum absolute atomic E-state index is 0.162. The summed E-state index contributed by atoms with van der Waals surface area (Å²) in [5, 5.41) is 0. The molecule has 0 aliphatic heterocycles. The molecule has 0 fully saturated rings. The van der Waals surface area contributed by atoms with E-state index in [0.717, 1.165) is 0 Å². The Morgan fingerprint density at radius 3 is 2.18 bits per heavy atom. The maximum absolute atomic E-state index is 11.0. The minimum Gasteiger partial charge on any atom is -0.251 e. The van der Waals surface area contributed by atoms with Crippen LogP contribution < -0.4 is 0 Å². The summed E-state index contributed by atoms with van der Waals surface area (Å²) >= 11 is 0. The highest BCUT2D eigenvalue weighted by Gasteiger charge is 2.10. The van der Waals surface area contributed by atoms with E-state index < -0.39 is 10.1 Å². The molecule has 0 aromatic heterocycles. The van der Waals surface area contributed by atoms with E-state index in [1.165, 1.54) is 12.1 Å². The lowest BCUT2D eigenvalue weighted by Crippen LogP contribution is -1.98. The molecule has 0 spiro atoms. The molecule has 0 amide bonds. The van der Waals surface area contributed by atoms with Gasteiger partial charge >= 0.3 is 0 Å². The Morgan fingerprint density at radius 1 is 1.18 bits per heavy atom. The van der Waals surface area contributed by atoms with E-state index in [2.05, 4.69) is 3.97 Å². The molecule has 1 unspecified atom stereocenters. The van der Waals surface area contributed by atoms with Crippen molar-refractivity contribution in [3.63, 3.8) is 0 Å². The topological polar surface area (TPSA) is 43.4 Å². The lowest BCUT2D eigenvalue weighted by atomic mass is 10.4. The molecule has 0 aliphatic carbocycles. The second-order valence-electron chi connectivity index (χ2n) is 1.86. The Balaban J connectivity index is 3.14. The van der Waals surface area contributed by atoms with Gasteiger partial charge in [0, 0.05) is 9.47 Å². The summed E-state index contributed by atoms with van der Waals surface area (Å²) in [5.74, 6) is 0. The molecule has 1 atom stereocenters. The summed E-state index contributed by atoms with van der Waals surface area (Å²) < 4.78 is 26.1. The van der Waals surface area contributed by atoms with Gasteiger partial charge in [-0.05, 0) is 12.1 Å². The van der Waals surface area contributed by atoms with Gasteiger partial charge in [0.2, 0.25) is 0 Å². The Kier molecular flexibility index (Phi) is 2.60. The fourth-order valence-electron chi connectivity index (χ4n) is 0.643. The molecule has 1 rings (SSSR count). The van der Waals surface area contributed by atoms with Crippen LogP contribution in [-0.4, -0.2) is 8.42 Å². The maximum atomic E-state index is 11.0. The zero-order chi connectivity index (χ0) is 8.32. The summed E-state index contributed by atoms with van der Waals surface area (Å²) in [4.78, 5) is 0.162. The molecule has 3 nitrogen and oxygen atoms in total. The molecule has 5 heteroatoms. The standard InChI is InChI=1S/C6H7O3PS/c7-11(8,9-10)6-4-2-1-3-5-6/h1-5H,10H2. The fraction of sp³-hybridized carbons (Fsp3) is 0. The fourth-order valence-corrected chi connectivity index (χ4v) is 1.58. The van der Waals surface area contributed by atoms with Crippen LogP contribution in [-0.2, 0) is 14.1 Å². The molecule has 1 aromatic carbocycles. The Bertz CT molecular complexity index is 319. The molecule has 1 aromatic rings. The highest BCUT2D eigenvalue weighted by Crippen LogP contribution is 2.12. The summed E-state index contributed by atoms with van der Waals surface area (Å²) in [6.45, 7) is 0. The molecule has 0 aliphatic rings. The molecule has 0 N–H and O–H groups in total. The number of rotatable bonds is 2. The van der Waals surface area contributed by atoms with E-state index in [0.29, 0.717) is 0 Å². The van der Waals surface area contributed by atoms with E-state index in [4.69, 9.17) is 0 Å². The quantitative estimate of drug-likeness (QED) is 0.658. The van der Waals surface area contributed by atoms with Crippen LogP contribution in [0.15, 0.2) is 35.2 Å². The predicted molar refractivity (Wildman–Crippen MR) is 44.4 cm³/mol. The van der Waals surface area contributed by atoms with Crippen LogP contribution in [0.1, 0.15) is 0 Å². The molecular formula is C6H7O3PS. The third kappa shape index (κ3) is 1.99.